The number of furan rings is 1. The summed E-state index contributed by atoms with van der Waals surface area (Å²) in [6.07, 6.45) is 4.76. The van der Waals surface area contributed by atoms with E-state index in [0.717, 1.165) is 32.2 Å². The lowest BCUT2D eigenvalue weighted by Gasteiger charge is -2.23. The number of likely N-dealkylation sites (tertiary alicyclic amines) is 1. The van der Waals surface area contributed by atoms with Crippen LogP contribution < -0.4 is 0 Å². The van der Waals surface area contributed by atoms with E-state index < -0.39 is 5.97 Å². The van der Waals surface area contributed by atoms with Crippen LogP contribution in [0, 0.1) is 6.92 Å². The molecule has 2 heterocycles. The van der Waals surface area contributed by atoms with Crippen molar-refractivity contribution in [1.29, 1.82) is 0 Å². The van der Waals surface area contributed by atoms with Gasteiger partial charge < -0.3 is 14.4 Å². The van der Waals surface area contributed by atoms with Gasteiger partial charge in [0.15, 0.2) is 0 Å². The first-order valence-corrected chi connectivity index (χ1v) is 6.68. The molecule has 0 radical (unpaired) electrons. The van der Waals surface area contributed by atoms with Gasteiger partial charge in [-0.2, -0.15) is 0 Å². The van der Waals surface area contributed by atoms with Crippen molar-refractivity contribution in [3.8, 4) is 0 Å². The summed E-state index contributed by atoms with van der Waals surface area (Å²) < 4.78 is 5.42. The predicted octanol–water partition coefficient (Wildman–Crippen LogP) is 2.58. The number of aryl methyl sites for hydroxylation is 1. The van der Waals surface area contributed by atoms with Gasteiger partial charge >= 0.3 is 5.97 Å². The van der Waals surface area contributed by atoms with Crippen LogP contribution in [0.5, 0.6) is 0 Å². The third-order valence-electron chi connectivity index (χ3n) is 3.47. The number of carboxylic acids is 1. The molecule has 1 aliphatic heterocycles. The molecule has 1 aromatic heterocycles. The predicted molar refractivity (Wildman–Crippen MR) is 68.9 cm³/mol. The Hall–Kier alpha value is -1.78. The molecular formula is C14H19NO4. The zero-order valence-corrected chi connectivity index (χ0v) is 11.1. The zero-order chi connectivity index (χ0) is 13.8. The Morgan fingerprint density at radius 3 is 2.79 bits per heavy atom. The minimum atomic E-state index is -0.994. The summed E-state index contributed by atoms with van der Waals surface area (Å²) in [6, 6.07) is 1.52. The largest absolute Gasteiger partial charge is 0.478 e. The summed E-state index contributed by atoms with van der Waals surface area (Å²) in [6.45, 7) is 2.72. The summed E-state index contributed by atoms with van der Waals surface area (Å²) in [4.78, 5) is 24.7. The second kappa shape index (κ2) is 5.91. The van der Waals surface area contributed by atoms with Gasteiger partial charge in [0.2, 0.25) is 5.91 Å². The molecule has 0 saturated carbocycles. The third kappa shape index (κ3) is 3.36. The molecule has 0 aliphatic carbocycles. The number of carbonyl (C=O) groups excluding carboxylic acids is 1. The molecule has 0 unspecified atom stereocenters. The van der Waals surface area contributed by atoms with Crippen molar-refractivity contribution in [3.63, 3.8) is 0 Å². The number of hydrogen-bond donors (Lipinski definition) is 1. The Labute approximate surface area is 112 Å². The van der Waals surface area contributed by atoms with E-state index in [2.05, 4.69) is 0 Å². The standard InChI is InChI=1S/C14H19NO4/c1-10-12(14(17)18)8-11(19-10)9-15-7-5-3-2-4-6-13(15)16/h8H,2-7,9H2,1H3,(H,17,18). The minimum Gasteiger partial charge on any atom is -0.478 e. The molecule has 1 saturated heterocycles. The van der Waals surface area contributed by atoms with Crippen molar-refractivity contribution in [2.75, 3.05) is 6.54 Å². The number of carboxylic acid groups (broad SMARTS) is 1. The lowest BCUT2D eigenvalue weighted by atomic mass is 10.1. The van der Waals surface area contributed by atoms with E-state index in [-0.39, 0.29) is 11.5 Å². The monoisotopic (exact) mass is 265 g/mol. The van der Waals surface area contributed by atoms with Gasteiger partial charge in [0.1, 0.15) is 17.1 Å². The van der Waals surface area contributed by atoms with E-state index in [1.165, 1.54) is 6.07 Å². The lowest BCUT2D eigenvalue weighted by Crippen LogP contribution is -2.32. The zero-order valence-electron chi connectivity index (χ0n) is 11.1. The van der Waals surface area contributed by atoms with Crippen LogP contribution in [0.3, 0.4) is 0 Å². The molecule has 19 heavy (non-hydrogen) atoms. The number of amides is 1. The van der Waals surface area contributed by atoms with Gasteiger partial charge in [0, 0.05) is 13.0 Å². The fourth-order valence-electron chi connectivity index (χ4n) is 2.40. The highest BCUT2D eigenvalue weighted by Gasteiger charge is 2.19. The summed E-state index contributed by atoms with van der Waals surface area (Å²) in [5, 5.41) is 8.98. The number of hydrogen-bond acceptors (Lipinski definition) is 3. The first-order chi connectivity index (χ1) is 9.08. The van der Waals surface area contributed by atoms with E-state index in [1.54, 1.807) is 11.8 Å². The molecule has 1 aromatic rings. The Bertz CT molecular complexity index is 478. The lowest BCUT2D eigenvalue weighted by molar-refractivity contribution is -0.132. The number of carbonyl (C=O) groups is 2. The third-order valence-corrected chi connectivity index (χ3v) is 3.47. The molecule has 1 aliphatic rings. The van der Waals surface area contributed by atoms with Crippen LogP contribution in [0.4, 0.5) is 0 Å². The highest BCUT2D eigenvalue weighted by atomic mass is 16.4. The molecular weight excluding hydrogens is 246 g/mol. The molecule has 1 fully saturated rings. The number of aromatic carboxylic acids is 1. The molecule has 5 nitrogen and oxygen atoms in total. The maximum atomic E-state index is 12.0. The summed E-state index contributed by atoms with van der Waals surface area (Å²) in [5.74, 6) is 0.0722. The highest BCUT2D eigenvalue weighted by molar-refractivity contribution is 5.88. The average Bonchev–Trinajstić information content (AvgIpc) is 2.70. The van der Waals surface area contributed by atoms with Crippen molar-refractivity contribution in [1.82, 2.24) is 4.90 Å². The van der Waals surface area contributed by atoms with Gasteiger partial charge in [-0.1, -0.05) is 12.8 Å². The van der Waals surface area contributed by atoms with Crippen molar-refractivity contribution in [2.24, 2.45) is 0 Å². The van der Waals surface area contributed by atoms with E-state index >= 15 is 0 Å². The van der Waals surface area contributed by atoms with Crippen LogP contribution in [0.2, 0.25) is 0 Å². The van der Waals surface area contributed by atoms with Crippen molar-refractivity contribution >= 4 is 11.9 Å². The van der Waals surface area contributed by atoms with Gasteiger partial charge in [-0.05, 0) is 25.8 Å². The molecule has 1 amide bonds. The van der Waals surface area contributed by atoms with Gasteiger partial charge in [0.25, 0.3) is 0 Å². The Morgan fingerprint density at radius 1 is 1.37 bits per heavy atom. The fourth-order valence-corrected chi connectivity index (χ4v) is 2.40. The van der Waals surface area contributed by atoms with Gasteiger partial charge in [0.05, 0.1) is 6.54 Å². The van der Waals surface area contributed by atoms with Crippen molar-refractivity contribution < 1.29 is 19.1 Å². The molecule has 0 atom stereocenters. The summed E-state index contributed by atoms with van der Waals surface area (Å²) >= 11 is 0. The minimum absolute atomic E-state index is 0.130. The maximum Gasteiger partial charge on any atom is 0.339 e. The molecule has 0 spiro atoms. The normalized spacial score (nSPS) is 17.1. The SMILES string of the molecule is Cc1oc(CN2CCCCCCC2=O)cc1C(=O)O. The van der Waals surface area contributed by atoms with Crippen molar-refractivity contribution in [2.45, 2.75) is 45.6 Å². The first-order valence-electron chi connectivity index (χ1n) is 6.68. The molecule has 104 valence electrons. The molecule has 1 N–H and O–H groups in total. The molecule has 0 bridgehead atoms. The molecule has 5 heteroatoms. The smallest absolute Gasteiger partial charge is 0.339 e. The summed E-state index contributed by atoms with van der Waals surface area (Å²) in [7, 11) is 0. The van der Waals surface area contributed by atoms with Crippen LogP contribution in [-0.2, 0) is 11.3 Å². The summed E-state index contributed by atoms with van der Waals surface area (Å²) in [5.41, 5.74) is 0.175. The maximum absolute atomic E-state index is 12.0. The quantitative estimate of drug-likeness (QED) is 0.911. The van der Waals surface area contributed by atoms with Crippen LogP contribution >= 0.6 is 0 Å². The van der Waals surface area contributed by atoms with Crippen LogP contribution in [-0.4, -0.2) is 28.4 Å². The number of nitrogens with zero attached hydrogens (tertiary/aromatic N) is 1. The van der Waals surface area contributed by atoms with Gasteiger partial charge in [-0.25, -0.2) is 4.79 Å². The van der Waals surface area contributed by atoms with E-state index in [4.69, 9.17) is 9.52 Å². The Kier molecular flexibility index (Phi) is 4.24. The van der Waals surface area contributed by atoms with Gasteiger partial charge in [-0.15, -0.1) is 0 Å². The average molecular weight is 265 g/mol. The Balaban J connectivity index is 2.08. The van der Waals surface area contributed by atoms with Gasteiger partial charge in [-0.3, -0.25) is 4.79 Å². The first kappa shape index (κ1) is 13.6. The van der Waals surface area contributed by atoms with Crippen LogP contribution in [0.15, 0.2) is 10.5 Å². The van der Waals surface area contributed by atoms with Crippen molar-refractivity contribution in [3.05, 3.63) is 23.2 Å². The van der Waals surface area contributed by atoms with Crippen LogP contribution in [0.25, 0.3) is 0 Å². The second-order valence-electron chi connectivity index (χ2n) is 4.97. The van der Waals surface area contributed by atoms with E-state index in [0.29, 0.717) is 24.5 Å². The topological polar surface area (TPSA) is 70.8 Å². The number of rotatable bonds is 3. The molecule has 0 aromatic carbocycles. The highest BCUT2D eigenvalue weighted by Crippen LogP contribution is 2.19. The fraction of sp³-hybridized carbons (Fsp3) is 0.571. The second-order valence-corrected chi connectivity index (χ2v) is 4.97. The van der Waals surface area contributed by atoms with E-state index in [9.17, 15) is 9.59 Å². The molecule has 2 rings (SSSR count). The van der Waals surface area contributed by atoms with E-state index in [1.807, 2.05) is 0 Å². The van der Waals surface area contributed by atoms with Crippen LogP contribution in [0.1, 0.15) is 54.0 Å². The Morgan fingerprint density at radius 2 is 2.11 bits per heavy atom.